The fraction of sp³-hybridized carbons (Fsp3) is 0.529. The monoisotopic (exact) mass is 358 g/mol. The van der Waals surface area contributed by atoms with Crippen LogP contribution in [0, 0.1) is 5.92 Å². The van der Waals surface area contributed by atoms with Crippen molar-refractivity contribution in [3.05, 3.63) is 35.4 Å². The van der Waals surface area contributed by atoms with E-state index in [2.05, 4.69) is 10.6 Å². The van der Waals surface area contributed by atoms with Crippen LogP contribution in [0.5, 0.6) is 0 Å². The molecule has 0 heterocycles. The molecule has 1 aliphatic carbocycles. The largest absolute Gasteiger partial charge is 0.416 e. The first-order valence-electron chi connectivity index (χ1n) is 8.15. The van der Waals surface area contributed by atoms with Gasteiger partial charge in [0, 0.05) is 18.2 Å². The zero-order valence-corrected chi connectivity index (χ0v) is 13.6. The van der Waals surface area contributed by atoms with Crippen LogP contribution in [0.2, 0.25) is 0 Å². The summed E-state index contributed by atoms with van der Waals surface area (Å²) in [4.78, 5) is 23.8. The summed E-state index contributed by atoms with van der Waals surface area (Å²) < 4.78 is 38.0. The summed E-state index contributed by atoms with van der Waals surface area (Å²) in [7, 11) is 0. The summed E-state index contributed by atoms with van der Waals surface area (Å²) in [5, 5.41) is 14.3. The van der Waals surface area contributed by atoms with E-state index in [0.29, 0.717) is 6.42 Å². The number of carbonyl (C=O) groups excluding carboxylic acids is 2. The Hall–Kier alpha value is -2.09. The van der Waals surface area contributed by atoms with Gasteiger partial charge in [0.15, 0.2) is 0 Å². The highest BCUT2D eigenvalue weighted by atomic mass is 19.4. The minimum atomic E-state index is -4.53. The molecule has 1 aliphatic rings. The molecule has 2 amide bonds. The number of halogens is 3. The highest BCUT2D eigenvalue weighted by molar-refractivity contribution is 5.96. The maximum atomic E-state index is 12.7. The summed E-state index contributed by atoms with van der Waals surface area (Å²) in [6, 6.07) is 3.98. The van der Waals surface area contributed by atoms with Crippen molar-refractivity contribution in [2.24, 2.45) is 5.92 Å². The second-order valence-corrected chi connectivity index (χ2v) is 6.24. The average molecular weight is 358 g/mol. The van der Waals surface area contributed by atoms with E-state index in [4.69, 9.17) is 0 Å². The molecular formula is C17H21F3N2O3. The Balaban J connectivity index is 1.84. The zero-order valence-electron chi connectivity index (χ0n) is 13.6. The van der Waals surface area contributed by atoms with Gasteiger partial charge in [0.05, 0.1) is 12.1 Å². The van der Waals surface area contributed by atoms with Gasteiger partial charge in [0.1, 0.15) is 0 Å². The number of aliphatic hydroxyl groups excluding tert-OH is 1. The molecular weight excluding hydrogens is 337 g/mol. The van der Waals surface area contributed by atoms with Crippen LogP contribution < -0.4 is 10.6 Å². The van der Waals surface area contributed by atoms with Gasteiger partial charge < -0.3 is 15.7 Å². The molecule has 2 atom stereocenters. The molecule has 0 bridgehead atoms. The number of rotatable bonds is 5. The van der Waals surface area contributed by atoms with E-state index >= 15 is 0 Å². The third kappa shape index (κ3) is 5.74. The van der Waals surface area contributed by atoms with Crippen molar-refractivity contribution < 1.29 is 27.9 Å². The fourth-order valence-electron chi connectivity index (χ4n) is 2.97. The van der Waals surface area contributed by atoms with Gasteiger partial charge in [0.25, 0.3) is 5.91 Å². The van der Waals surface area contributed by atoms with Crippen molar-refractivity contribution in [3.63, 3.8) is 0 Å². The quantitative estimate of drug-likeness (QED) is 0.754. The Morgan fingerprint density at radius 3 is 2.68 bits per heavy atom. The van der Waals surface area contributed by atoms with Gasteiger partial charge in [-0.1, -0.05) is 12.5 Å². The predicted molar refractivity (Wildman–Crippen MR) is 84.8 cm³/mol. The van der Waals surface area contributed by atoms with Gasteiger partial charge in [-0.05, 0) is 43.4 Å². The summed E-state index contributed by atoms with van der Waals surface area (Å²) in [6.07, 6.45) is -1.20. The van der Waals surface area contributed by atoms with Crippen molar-refractivity contribution in [1.29, 1.82) is 0 Å². The molecule has 2 rings (SSSR count). The molecule has 0 aliphatic heterocycles. The first-order valence-corrected chi connectivity index (χ1v) is 8.15. The Kier molecular flexibility index (Phi) is 6.41. The van der Waals surface area contributed by atoms with E-state index in [1.807, 2.05) is 0 Å². The van der Waals surface area contributed by atoms with Gasteiger partial charge in [-0.3, -0.25) is 9.59 Å². The van der Waals surface area contributed by atoms with Crippen molar-refractivity contribution >= 4 is 11.8 Å². The number of hydrogen-bond acceptors (Lipinski definition) is 3. The molecule has 0 radical (unpaired) electrons. The molecule has 5 nitrogen and oxygen atoms in total. The molecule has 25 heavy (non-hydrogen) atoms. The summed E-state index contributed by atoms with van der Waals surface area (Å²) in [5.41, 5.74) is -1.07. The Labute approximate surface area is 143 Å². The van der Waals surface area contributed by atoms with E-state index in [0.717, 1.165) is 37.5 Å². The van der Waals surface area contributed by atoms with Gasteiger partial charge in [-0.25, -0.2) is 0 Å². The van der Waals surface area contributed by atoms with Crippen molar-refractivity contribution in [1.82, 2.24) is 10.6 Å². The Bertz CT molecular complexity index is 619. The standard InChI is InChI=1S/C17H21F3N2O3/c18-17(19,20)13-5-2-4-12(8-13)16(25)21-9-15(24)22-14-6-1-3-11(7-14)10-23/h2,4-5,8,11,14,23H,1,3,6-7,9-10H2,(H,21,25)(H,22,24). The summed E-state index contributed by atoms with van der Waals surface area (Å²) in [5.74, 6) is -0.971. The minimum absolute atomic E-state index is 0.0520. The van der Waals surface area contributed by atoms with E-state index in [-0.39, 0.29) is 30.7 Å². The molecule has 8 heteroatoms. The molecule has 1 fully saturated rings. The predicted octanol–water partition coefficient (Wildman–Crippen LogP) is 2.10. The average Bonchev–Trinajstić information content (AvgIpc) is 2.59. The number of hydrogen-bond donors (Lipinski definition) is 3. The molecule has 0 saturated heterocycles. The third-order valence-corrected chi connectivity index (χ3v) is 4.27. The number of aliphatic hydroxyl groups is 1. The van der Waals surface area contributed by atoms with Crippen LogP contribution in [0.1, 0.15) is 41.6 Å². The van der Waals surface area contributed by atoms with E-state index in [1.165, 1.54) is 6.07 Å². The molecule has 3 N–H and O–H groups in total. The number of carbonyl (C=O) groups is 2. The molecule has 138 valence electrons. The maximum absolute atomic E-state index is 12.7. The normalized spacial score (nSPS) is 20.8. The van der Waals surface area contributed by atoms with Crippen LogP contribution >= 0.6 is 0 Å². The van der Waals surface area contributed by atoms with Crippen molar-refractivity contribution in [2.75, 3.05) is 13.2 Å². The molecule has 2 unspecified atom stereocenters. The van der Waals surface area contributed by atoms with Crippen molar-refractivity contribution in [2.45, 2.75) is 37.9 Å². The van der Waals surface area contributed by atoms with Crippen LogP contribution in [0.15, 0.2) is 24.3 Å². The molecule has 0 spiro atoms. The Morgan fingerprint density at radius 2 is 2.00 bits per heavy atom. The minimum Gasteiger partial charge on any atom is -0.396 e. The van der Waals surface area contributed by atoms with Crippen LogP contribution in [-0.2, 0) is 11.0 Å². The van der Waals surface area contributed by atoms with Crippen LogP contribution in [0.25, 0.3) is 0 Å². The lowest BCUT2D eigenvalue weighted by Gasteiger charge is -2.28. The smallest absolute Gasteiger partial charge is 0.396 e. The molecule has 1 saturated carbocycles. The summed E-state index contributed by atoms with van der Waals surface area (Å²) in [6.45, 7) is -0.228. The van der Waals surface area contributed by atoms with Crippen LogP contribution in [0.4, 0.5) is 13.2 Å². The lowest BCUT2D eigenvalue weighted by atomic mass is 9.86. The lowest BCUT2D eigenvalue weighted by Crippen LogP contribution is -2.44. The van der Waals surface area contributed by atoms with Gasteiger partial charge in [-0.15, -0.1) is 0 Å². The number of nitrogens with one attached hydrogen (secondary N) is 2. The van der Waals surface area contributed by atoms with Gasteiger partial charge >= 0.3 is 6.18 Å². The highest BCUT2D eigenvalue weighted by Crippen LogP contribution is 2.29. The van der Waals surface area contributed by atoms with Gasteiger partial charge in [-0.2, -0.15) is 13.2 Å². The first-order chi connectivity index (χ1) is 11.8. The van der Waals surface area contributed by atoms with Gasteiger partial charge in [0.2, 0.25) is 5.91 Å². The van der Waals surface area contributed by atoms with Crippen LogP contribution in [-0.4, -0.2) is 36.1 Å². The molecule has 1 aromatic rings. The van der Waals surface area contributed by atoms with E-state index < -0.39 is 23.6 Å². The lowest BCUT2D eigenvalue weighted by molar-refractivity contribution is -0.137. The fourth-order valence-corrected chi connectivity index (χ4v) is 2.97. The third-order valence-electron chi connectivity index (χ3n) is 4.27. The number of amides is 2. The molecule has 0 aromatic heterocycles. The highest BCUT2D eigenvalue weighted by Gasteiger charge is 2.31. The van der Waals surface area contributed by atoms with Crippen LogP contribution in [0.3, 0.4) is 0 Å². The number of alkyl halides is 3. The first kappa shape index (κ1) is 19.2. The maximum Gasteiger partial charge on any atom is 0.416 e. The second kappa shape index (κ2) is 8.33. The van der Waals surface area contributed by atoms with E-state index in [9.17, 15) is 27.9 Å². The Morgan fingerprint density at radius 1 is 1.24 bits per heavy atom. The number of benzene rings is 1. The SMILES string of the molecule is O=C(CNC(=O)c1cccc(C(F)(F)F)c1)NC1CCCC(CO)C1. The summed E-state index contributed by atoms with van der Waals surface area (Å²) >= 11 is 0. The second-order valence-electron chi connectivity index (χ2n) is 6.24. The van der Waals surface area contributed by atoms with Crippen molar-refractivity contribution in [3.8, 4) is 0 Å². The topological polar surface area (TPSA) is 78.4 Å². The zero-order chi connectivity index (χ0) is 18.4. The molecule has 1 aromatic carbocycles. The van der Waals surface area contributed by atoms with E-state index in [1.54, 1.807) is 0 Å².